The number of nitrogens with one attached hydrogen (secondary N) is 1. The topological polar surface area (TPSA) is 102 Å². The van der Waals surface area contributed by atoms with Gasteiger partial charge in [0, 0.05) is 5.02 Å². The van der Waals surface area contributed by atoms with Crippen molar-refractivity contribution in [2.75, 3.05) is 13.2 Å². The Morgan fingerprint density at radius 3 is 2.59 bits per heavy atom. The Bertz CT molecular complexity index is 579. The van der Waals surface area contributed by atoms with Crippen molar-refractivity contribution in [2.45, 2.75) is 42.4 Å². The molecule has 0 aliphatic carbocycles. The molecule has 1 aliphatic heterocycles. The molecule has 4 N–H and O–H groups in total. The maximum Gasteiger partial charge on any atom is 0.240 e. The predicted octanol–water partition coefficient (Wildman–Crippen LogP) is 0.876. The molecule has 0 unspecified atom stereocenters. The summed E-state index contributed by atoms with van der Waals surface area (Å²) in [4.78, 5) is 0.137. The molecule has 22 heavy (non-hydrogen) atoms. The molecule has 1 fully saturated rings. The zero-order chi connectivity index (χ0) is 16.2. The third-order valence-electron chi connectivity index (χ3n) is 3.71. The molecule has 0 radical (unpaired) electrons. The predicted molar refractivity (Wildman–Crippen MR) is 84.2 cm³/mol. The van der Waals surface area contributed by atoms with Gasteiger partial charge in [-0.15, -0.1) is 0 Å². The van der Waals surface area contributed by atoms with Crippen molar-refractivity contribution in [1.29, 1.82) is 0 Å². The second kappa shape index (κ2) is 7.72. The van der Waals surface area contributed by atoms with Crippen LogP contribution >= 0.6 is 11.6 Å². The minimum absolute atomic E-state index is 0.0292. The zero-order valence-corrected chi connectivity index (χ0v) is 13.7. The number of ether oxygens (including phenoxy) is 1. The summed E-state index contributed by atoms with van der Waals surface area (Å²) < 4.78 is 33.1. The van der Waals surface area contributed by atoms with E-state index < -0.39 is 22.2 Å². The van der Waals surface area contributed by atoms with Crippen LogP contribution in [0, 0.1) is 0 Å². The van der Waals surface area contributed by atoms with E-state index in [0.717, 1.165) is 0 Å². The first-order valence-electron chi connectivity index (χ1n) is 7.20. The Morgan fingerprint density at radius 1 is 1.32 bits per heavy atom. The van der Waals surface area contributed by atoms with Crippen molar-refractivity contribution in [3.05, 3.63) is 29.3 Å². The highest BCUT2D eigenvalue weighted by atomic mass is 35.5. The van der Waals surface area contributed by atoms with Crippen LogP contribution in [0.25, 0.3) is 0 Å². The number of benzene rings is 1. The lowest BCUT2D eigenvalue weighted by Gasteiger charge is -2.35. The van der Waals surface area contributed by atoms with Crippen molar-refractivity contribution in [3.63, 3.8) is 0 Å². The van der Waals surface area contributed by atoms with Crippen LogP contribution < -0.4 is 10.5 Å². The first kappa shape index (κ1) is 17.7. The fraction of sp³-hybridized carbons (Fsp3) is 0.571. The largest absolute Gasteiger partial charge is 0.394 e. The van der Waals surface area contributed by atoms with Crippen LogP contribution in [0.2, 0.25) is 5.02 Å². The first-order valence-corrected chi connectivity index (χ1v) is 9.06. The van der Waals surface area contributed by atoms with E-state index >= 15 is 0 Å². The lowest BCUT2D eigenvalue weighted by Crippen LogP contribution is -2.51. The van der Waals surface area contributed by atoms with Crippen LogP contribution in [-0.2, 0) is 14.8 Å². The second-order valence-corrected chi connectivity index (χ2v) is 7.47. The average molecular weight is 349 g/mol. The summed E-state index contributed by atoms with van der Waals surface area (Å²) in [5.74, 6) is 0. The minimum atomic E-state index is -3.67. The smallest absolute Gasteiger partial charge is 0.240 e. The van der Waals surface area contributed by atoms with Gasteiger partial charge in [-0.3, -0.25) is 0 Å². The lowest BCUT2D eigenvalue weighted by molar-refractivity contribution is -0.0867. The summed E-state index contributed by atoms with van der Waals surface area (Å²) in [5.41, 5.74) is 5.51. The Labute approximate surface area is 135 Å². The summed E-state index contributed by atoms with van der Waals surface area (Å²) in [5, 5.41) is 9.91. The lowest BCUT2D eigenvalue weighted by atomic mass is 9.98. The quantitative estimate of drug-likeness (QED) is 0.708. The number of aliphatic hydroxyl groups excluding tert-OH is 1. The van der Waals surface area contributed by atoms with Crippen LogP contribution in [0.5, 0.6) is 0 Å². The van der Waals surface area contributed by atoms with E-state index in [9.17, 15) is 13.5 Å². The number of aliphatic hydroxyl groups is 1. The molecule has 1 saturated heterocycles. The van der Waals surface area contributed by atoms with Gasteiger partial charge in [0.1, 0.15) is 0 Å². The molecule has 8 heteroatoms. The van der Waals surface area contributed by atoms with E-state index in [1.807, 2.05) is 0 Å². The molecule has 124 valence electrons. The van der Waals surface area contributed by atoms with Gasteiger partial charge in [0.25, 0.3) is 0 Å². The number of hydrogen-bond acceptors (Lipinski definition) is 5. The van der Waals surface area contributed by atoms with Crippen LogP contribution in [0.1, 0.15) is 19.3 Å². The molecular formula is C14H21ClN2O4S. The highest BCUT2D eigenvalue weighted by Crippen LogP contribution is 2.23. The number of rotatable bonds is 6. The highest BCUT2D eigenvalue weighted by molar-refractivity contribution is 7.89. The Kier molecular flexibility index (Phi) is 6.19. The van der Waals surface area contributed by atoms with Crippen molar-refractivity contribution >= 4 is 21.6 Å². The standard InChI is InChI=1S/C14H21ClN2O4S/c15-10-1-4-12(5-2-10)22(19,20)17-13-6-3-11(7-8-16)21-14(13)9-18/h1-2,4-5,11,13-14,17-18H,3,6-9,16H2/t11-,13-,14-/m1/s1. The van der Waals surface area contributed by atoms with Gasteiger partial charge < -0.3 is 15.6 Å². The third-order valence-corrected chi connectivity index (χ3v) is 5.47. The molecule has 1 heterocycles. The van der Waals surface area contributed by atoms with Crippen molar-refractivity contribution < 1.29 is 18.3 Å². The molecule has 1 aromatic carbocycles. The van der Waals surface area contributed by atoms with Crippen LogP contribution in [-0.4, -0.2) is 44.9 Å². The highest BCUT2D eigenvalue weighted by Gasteiger charge is 2.33. The van der Waals surface area contributed by atoms with E-state index in [2.05, 4.69) is 4.72 Å². The molecule has 1 aliphatic rings. The van der Waals surface area contributed by atoms with E-state index in [1.54, 1.807) is 0 Å². The normalized spacial score (nSPS) is 26.0. The summed E-state index contributed by atoms with van der Waals surface area (Å²) in [6.07, 6.45) is 1.42. The van der Waals surface area contributed by atoms with E-state index in [1.165, 1.54) is 24.3 Å². The van der Waals surface area contributed by atoms with Gasteiger partial charge in [0.05, 0.1) is 29.8 Å². The van der Waals surface area contributed by atoms with E-state index in [-0.39, 0.29) is 17.6 Å². The van der Waals surface area contributed by atoms with Gasteiger partial charge in [0.2, 0.25) is 10.0 Å². The summed E-state index contributed by atoms with van der Waals surface area (Å²) in [7, 11) is -3.67. The summed E-state index contributed by atoms with van der Waals surface area (Å²) >= 11 is 5.77. The molecule has 1 aromatic rings. The molecule has 0 aromatic heterocycles. The molecule has 6 nitrogen and oxygen atoms in total. The van der Waals surface area contributed by atoms with Gasteiger partial charge in [0.15, 0.2) is 0 Å². The zero-order valence-electron chi connectivity index (χ0n) is 12.1. The molecule has 2 rings (SSSR count). The SMILES string of the molecule is NCC[C@H]1CC[C@@H](NS(=O)(=O)c2ccc(Cl)cc2)[C@@H](CO)O1. The van der Waals surface area contributed by atoms with Crippen molar-refractivity contribution in [2.24, 2.45) is 5.73 Å². The molecular weight excluding hydrogens is 328 g/mol. The van der Waals surface area contributed by atoms with Gasteiger partial charge in [-0.25, -0.2) is 13.1 Å². The number of halogens is 1. The maximum absolute atomic E-state index is 12.4. The van der Waals surface area contributed by atoms with E-state index in [4.69, 9.17) is 22.1 Å². The molecule has 0 saturated carbocycles. The van der Waals surface area contributed by atoms with Crippen LogP contribution in [0.4, 0.5) is 0 Å². The summed E-state index contributed by atoms with van der Waals surface area (Å²) in [6, 6.07) is 5.47. The van der Waals surface area contributed by atoms with Gasteiger partial charge in [-0.05, 0) is 50.1 Å². The van der Waals surface area contributed by atoms with E-state index in [0.29, 0.717) is 30.8 Å². The minimum Gasteiger partial charge on any atom is -0.394 e. The monoisotopic (exact) mass is 348 g/mol. The van der Waals surface area contributed by atoms with Gasteiger partial charge in [-0.2, -0.15) is 0 Å². The molecule has 0 amide bonds. The average Bonchev–Trinajstić information content (AvgIpc) is 2.49. The molecule has 3 atom stereocenters. The Hall–Kier alpha value is -0.700. The Balaban J connectivity index is 2.07. The fourth-order valence-corrected chi connectivity index (χ4v) is 3.97. The van der Waals surface area contributed by atoms with Crippen LogP contribution in [0.3, 0.4) is 0 Å². The van der Waals surface area contributed by atoms with Gasteiger partial charge >= 0.3 is 0 Å². The number of hydrogen-bond donors (Lipinski definition) is 3. The molecule has 0 bridgehead atoms. The third kappa shape index (κ3) is 4.41. The molecule has 0 spiro atoms. The number of sulfonamides is 1. The maximum atomic E-state index is 12.4. The van der Waals surface area contributed by atoms with Crippen molar-refractivity contribution in [1.82, 2.24) is 4.72 Å². The van der Waals surface area contributed by atoms with Crippen molar-refractivity contribution in [3.8, 4) is 0 Å². The van der Waals surface area contributed by atoms with Gasteiger partial charge in [-0.1, -0.05) is 11.6 Å². The number of nitrogens with two attached hydrogens (primary N) is 1. The fourth-order valence-electron chi connectivity index (χ4n) is 2.55. The Morgan fingerprint density at radius 2 is 2.00 bits per heavy atom. The summed E-state index contributed by atoms with van der Waals surface area (Å²) in [6.45, 7) is 0.263. The second-order valence-electron chi connectivity index (χ2n) is 5.32. The first-order chi connectivity index (χ1) is 10.5. The van der Waals surface area contributed by atoms with Crippen LogP contribution in [0.15, 0.2) is 29.2 Å².